The van der Waals surface area contributed by atoms with Crippen molar-refractivity contribution in [1.29, 1.82) is 0 Å². The molecule has 1 saturated heterocycles. The smallest absolute Gasteiger partial charge is 0.258 e. The fourth-order valence-corrected chi connectivity index (χ4v) is 2.87. The predicted molar refractivity (Wildman–Crippen MR) is 94.0 cm³/mol. The van der Waals surface area contributed by atoms with Crippen molar-refractivity contribution in [1.82, 2.24) is 25.4 Å². The van der Waals surface area contributed by atoms with Gasteiger partial charge < -0.3 is 19.3 Å². The van der Waals surface area contributed by atoms with Gasteiger partial charge in [0.2, 0.25) is 5.88 Å². The Balaban J connectivity index is 1.24. The molecule has 1 aliphatic heterocycles. The third-order valence-corrected chi connectivity index (χ3v) is 4.21. The molecule has 1 fully saturated rings. The first kappa shape index (κ1) is 17.3. The van der Waals surface area contributed by atoms with Crippen molar-refractivity contribution in [3.05, 3.63) is 42.3 Å². The molecule has 1 amide bonds. The minimum absolute atomic E-state index is 0.100. The highest BCUT2D eigenvalue weighted by Crippen LogP contribution is 2.26. The molecule has 0 radical (unpaired) electrons. The maximum Gasteiger partial charge on any atom is 0.258 e. The van der Waals surface area contributed by atoms with Gasteiger partial charge in [-0.2, -0.15) is 4.98 Å². The first-order valence-corrected chi connectivity index (χ1v) is 8.83. The number of hydrogen-bond acceptors (Lipinski definition) is 8. The summed E-state index contributed by atoms with van der Waals surface area (Å²) in [4.78, 5) is 24.6. The zero-order valence-corrected chi connectivity index (χ0v) is 14.6. The highest BCUT2D eigenvalue weighted by atomic mass is 16.5. The van der Waals surface area contributed by atoms with Crippen molar-refractivity contribution >= 4 is 16.8 Å². The molecule has 0 saturated carbocycles. The predicted octanol–water partition coefficient (Wildman–Crippen LogP) is 1.60. The van der Waals surface area contributed by atoms with Crippen molar-refractivity contribution in [2.24, 2.45) is 0 Å². The van der Waals surface area contributed by atoms with Crippen molar-refractivity contribution < 1.29 is 18.8 Å². The molecule has 4 rings (SSSR count). The summed E-state index contributed by atoms with van der Waals surface area (Å²) in [7, 11) is 0. The fraction of sp³-hybridized carbons (Fsp3) is 0.389. The first-order chi connectivity index (χ1) is 13.3. The monoisotopic (exact) mass is 369 g/mol. The number of carbonyl (C=O) groups is 1. The van der Waals surface area contributed by atoms with E-state index in [-0.39, 0.29) is 18.6 Å². The number of rotatable bonds is 7. The lowest BCUT2D eigenvalue weighted by Gasteiger charge is -2.07. The minimum atomic E-state index is -0.250. The lowest BCUT2D eigenvalue weighted by atomic mass is 10.2. The minimum Gasteiger partial charge on any atom is -0.467 e. The zero-order valence-electron chi connectivity index (χ0n) is 14.6. The molecule has 0 spiro atoms. The summed E-state index contributed by atoms with van der Waals surface area (Å²) in [6.07, 6.45) is 3.68. The standard InChI is InChI=1S/C18H19N5O4/c24-16(10-26-17-12-4-1-2-5-13(12)20-11-21-17)19-8-7-15-22-18(27-23-15)14-6-3-9-25-14/h1-2,4-5,11,14H,3,6-10H2,(H,19,24)/t14-/m1/s1. The van der Waals surface area contributed by atoms with E-state index in [1.54, 1.807) is 0 Å². The van der Waals surface area contributed by atoms with Gasteiger partial charge in [-0.1, -0.05) is 17.3 Å². The van der Waals surface area contributed by atoms with Gasteiger partial charge in [-0.05, 0) is 25.0 Å². The first-order valence-electron chi connectivity index (χ1n) is 8.83. The molecule has 0 unspecified atom stereocenters. The van der Waals surface area contributed by atoms with Gasteiger partial charge in [-0.25, -0.2) is 9.97 Å². The van der Waals surface area contributed by atoms with Gasteiger partial charge in [0, 0.05) is 19.6 Å². The second-order valence-corrected chi connectivity index (χ2v) is 6.14. The van der Waals surface area contributed by atoms with Crippen LogP contribution >= 0.6 is 0 Å². The van der Waals surface area contributed by atoms with Crippen molar-refractivity contribution in [3.8, 4) is 5.88 Å². The van der Waals surface area contributed by atoms with Gasteiger partial charge in [0.05, 0.1) is 10.9 Å². The molecule has 2 aromatic heterocycles. The third kappa shape index (κ3) is 4.20. The van der Waals surface area contributed by atoms with E-state index in [4.69, 9.17) is 14.0 Å². The van der Waals surface area contributed by atoms with Gasteiger partial charge in [-0.15, -0.1) is 0 Å². The summed E-state index contributed by atoms with van der Waals surface area (Å²) in [6, 6.07) is 7.46. The Morgan fingerprint density at radius 1 is 1.30 bits per heavy atom. The van der Waals surface area contributed by atoms with Crippen LogP contribution in [0.2, 0.25) is 0 Å². The molecule has 3 aromatic rings. The number of ether oxygens (including phenoxy) is 2. The van der Waals surface area contributed by atoms with Gasteiger partial charge in [0.25, 0.3) is 11.8 Å². The van der Waals surface area contributed by atoms with Crippen LogP contribution in [0, 0.1) is 0 Å². The van der Waals surface area contributed by atoms with Gasteiger partial charge in [-0.3, -0.25) is 4.79 Å². The highest BCUT2D eigenvalue weighted by Gasteiger charge is 2.23. The van der Waals surface area contributed by atoms with E-state index in [1.165, 1.54) is 6.33 Å². The van der Waals surface area contributed by atoms with Crippen molar-refractivity contribution in [2.75, 3.05) is 19.8 Å². The maximum atomic E-state index is 12.0. The van der Waals surface area contributed by atoms with E-state index < -0.39 is 0 Å². The number of benzene rings is 1. The molecule has 1 aliphatic rings. The number of carbonyl (C=O) groups excluding carboxylic acids is 1. The van der Waals surface area contributed by atoms with Crippen LogP contribution in [0.3, 0.4) is 0 Å². The van der Waals surface area contributed by atoms with Crippen LogP contribution in [-0.4, -0.2) is 45.8 Å². The van der Waals surface area contributed by atoms with Gasteiger partial charge in [0.15, 0.2) is 12.4 Å². The molecule has 9 heteroatoms. The summed E-state index contributed by atoms with van der Waals surface area (Å²) in [5.41, 5.74) is 0.766. The van der Waals surface area contributed by atoms with Gasteiger partial charge in [0.1, 0.15) is 12.4 Å². The SMILES string of the molecule is O=C(COc1ncnc2ccccc12)NCCc1noc([C@H]2CCCO2)n1. The van der Waals surface area contributed by atoms with E-state index in [1.807, 2.05) is 24.3 Å². The van der Waals surface area contributed by atoms with E-state index >= 15 is 0 Å². The molecule has 1 atom stereocenters. The normalized spacial score (nSPS) is 16.5. The van der Waals surface area contributed by atoms with Crippen LogP contribution in [0.15, 0.2) is 35.1 Å². The number of fused-ring (bicyclic) bond motifs is 1. The lowest BCUT2D eigenvalue weighted by Crippen LogP contribution is -2.30. The number of amides is 1. The summed E-state index contributed by atoms with van der Waals surface area (Å²) in [6.45, 7) is 0.978. The second kappa shape index (κ2) is 8.09. The lowest BCUT2D eigenvalue weighted by molar-refractivity contribution is -0.123. The molecule has 3 heterocycles. The summed E-state index contributed by atoms with van der Waals surface area (Å²) >= 11 is 0. The maximum absolute atomic E-state index is 12.0. The number of nitrogens with one attached hydrogen (secondary N) is 1. The van der Waals surface area contributed by atoms with Crippen LogP contribution in [0.25, 0.3) is 10.9 Å². The topological polar surface area (TPSA) is 112 Å². The van der Waals surface area contributed by atoms with E-state index in [0.29, 0.717) is 30.6 Å². The van der Waals surface area contributed by atoms with Crippen LogP contribution in [0.1, 0.15) is 30.7 Å². The molecular formula is C18H19N5O4. The molecule has 1 N–H and O–H groups in total. The molecule has 0 bridgehead atoms. The Morgan fingerprint density at radius 2 is 2.22 bits per heavy atom. The van der Waals surface area contributed by atoms with E-state index in [2.05, 4.69) is 25.4 Å². The Labute approximate surface area is 155 Å². The Kier molecular flexibility index (Phi) is 5.20. The summed E-state index contributed by atoms with van der Waals surface area (Å²) in [5, 5.41) is 7.45. The number of nitrogens with zero attached hydrogens (tertiary/aromatic N) is 4. The van der Waals surface area contributed by atoms with E-state index in [0.717, 1.165) is 30.4 Å². The number of aromatic nitrogens is 4. The van der Waals surface area contributed by atoms with Crippen molar-refractivity contribution in [2.45, 2.75) is 25.4 Å². The van der Waals surface area contributed by atoms with Crippen molar-refractivity contribution in [3.63, 3.8) is 0 Å². The summed E-state index contributed by atoms with van der Waals surface area (Å²) < 4.78 is 16.2. The number of hydrogen-bond donors (Lipinski definition) is 1. The quantitative estimate of drug-likeness (QED) is 0.668. The highest BCUT2D eigenvalue weighted by molar-refractivity contribution is 5.83. The Hall–Kier alpha value is -3.07. The third-order valence-electron chi connectivity index (χ3n) is 4.21. The molecule has 1 aromatic carbocycles. The fourth-order valence-electron chi connectivity index (χ4n) is 2.87. The Morgan fingerprint density at radius 3 is 3.11 bits per heavy atom. The largest absolute Gasteiger partial charge is 0.467 e. The van der Waals surface area contributed by atoms with Gasteiger partial charge >= 0.3 is 0 Å². The van der Waals surface area contributed by atoms with Crippen LogP contribution < -0.4 is 10.1 Å². The molecule has 140 valence electrons. The Bertz CT molecular complexity index is 918. The van der Waals surface area contributed by atoms with E-state index in [9.17, 15) is 4.79 Å². The molecule has 0 aliphatic carbocycles. The van der Waals surface area contributed by atoms with Crippen LogP contribution in [0.4, 0.5) is 0 Å². The molecular weight excluding hydrogens is 350 g/mol. The second-order valence-electron chi connectivity index (χ2n) is 6.14. The molecule has 9 nitrogen and oxygen atoms in total. The molecule has 27 heavy (non-hydrogen) atoms. The average molecular weight is 369 g/mol. The van der Waals surface area contributed by atoms with Crippen LogP contribution in [0.5, 0.6) is 5.88 Å². The summed E-state index contributed by atoms with van der Waals surface area (Å²) in [5.74, 6) is 1.19. The number of para-hydroxylation sites is 1. The average Bonchev–Trinajstić information content (AvgIpc) is 3.38. The van der Waals surface area contributed by atoms with Crippen LogP contribution in [-0.2, 0) is 16.0 Å². The zero-order chi connectivity index (χ0) is 18.5.